The molecule has 0 saturated carbocycles. The number of hydrogen-bond donors (Lipinski definition) is 1. The summed E-state index contributed by atoms with van der Waals surface area (Å²) in [7, 11) is 0. The van der Waals surface area contributed by atoms with Gasteiger partial charge in [-0.1, -0.05) is 66.2 Å². The number of para-hydroxylation sites is 1. The van der Waals surface area contributed by atoms with E-state index in [0.29, 0.717) is 5.02 Å². The van der Waals surface area contributed by atoms with Crippen molar-refractivity contribution in [1.82, 2.24) is 0 Å². The first kappa shape index (κ1) is 17.4. The quantitative estimate of drug-likeness (QED) is 0.302. The van der Waals surface area contributed by atoms with Gasteiger partial charge in [-0.05, 0) is 58.7 Å². The molecule has 2 nitrogen and oxygen atoms in total. The number of anilines is 1. The zero-order valence-corrected chi connectivity index (χ0v) is 16.9. The lowest BCUT2D eigenvalue weighted by Gasteiger charge is -2.18. The van der Waals surface area contributed by atoms with Crippen LogP contribution < -0.4 is 5.73 Å². The summed E-state index contributed by atoms with van der Waals surface area (Å²) < 4.78 is 6.23. The van der Waals surface area contributed by atoms with Crippen molar-refractivity contribution in [3.8, 4) is 22.5 Å². The summed E-state index contributed by atoms with van der Waals surface area (Å²) in [5.41, 5.74) is 15.0. The minimum absolute atomic E-state index is 0.0432. The van der Waals surface area contributed by atoms with Crippen LogP contribution in [0, 0.1) is 0 Å². The van der Waals surface area contributed by atoms with Crippen LogP contribution in [0.5, 0.6) is 0 Å². The first-order valence-corrected chi connectivity index (χ1v) is 10.3. The fourth-order valence-electron chi connectivity index (χ4n) is 4.73. The summed E-state index contributed by atoms with van der Waals surface area (Å²) in [6, 6.07) is 30.9. The zero-order chi connectivity index (χ0) is 20.2. The van der Waals surface area contributed by atoms with Crippen LogP contribution in [0.4, 0.5) is 5.69 Å². The highest BCUT2D eigenvalue weighted by atomic mass is 35.5. The molecule has 0 aliphatic heterocycles. The number of nitrogens with two attached hydrogens (primary N) is 1. The van der Waals surface area contributed by atoms with E-state index in [4.69, 9.17) is 21.8 Å². The number of furan rings is 1. The van der Waals surface area contributed by atoms with Gasteiger partial charge in [-0.2, -0.15) is 0 Å². The van der Waals surface area contributed by atoms with E-state index in [2.05, 4.69) is 54.6 Å². The van der Waals surface area contributed by atoms with Gasteiger partial charge in [0.15, 0.2) is 0 Å². The summed E-state index contributed by atoms with van der Waals surface area (Å²) in [4.78, 5) is 0. The maximum absolute atomic E-state index is 6.49. The van der Waals surface area contributed by atoms with Gasteiger partial charge in [0.2, 0.25) is 0 Å². The minimum atomic E-state index is 0.0432. The summed E-state index contributed by atoms with van der Waals surface area (Å²) >= 11 is 6.49. The number of fused-ring (bicyclic) bond motifs is 4. The average Bonchev–Trinajstić information content (AvgIpc) is 3.33. The Kier molecular flexibility index (Phi) is 3.77. The van der Waals surface area contributed by atoms with Crippen LogP contribution >= 0.6 is 11.6 Å². The monoisotopic (exact) mass is 407 g/mol. The first-order chi connectivity index (χ1) is 14.7. The smallest absolute Gasteiger partial charge is 0.135 e. The molecule has 4 aromatic carbocycles. The van der Waals surface area contributed by atoms with Crippen LogP contribution in [0.15, 0.2) is 95.4 Å². The predicted molar refractivity (Wildman–Crippen MR) is 124 cm³/mol. The van der Waals surface area contributed by atoms with Gasteiger partial charge in [-0.3, -0.25) is 0 Å². The molecular weight excluding hydrogens is 390 g/mol. The van der Waals surface area contributed by atoms with Gasteiger partial charge in [-0.15, -0.1) is 0 Å². The van der Waals surface area contributed by atoms with Crippen LogP contribution in [-0.4, -0.2) is 0 Å². The molecule has 1 aromatic heterocycles. The Morgan fingerprint density at radius 3 is 2.40 bits per heavy atom. The molecule has 1 atom stereocenters. The van der Waals surface area contributed by atoms with Crippen molar-refractivity contribution in [1.29, 1.82) is 0 Å². The molecule has 1 aliphatic carbocycles. The highest BCUT2D eigenvalue weighted by Gasteiger charge is 2.33. The molecule has 6 rings (SSSR count). The minimum Gasteiger partial charge on any atom is -0.456 e. The lowest BCUT2D eigenvalue weighted by Crippen LogP contribution is -2.02. The standard InChI is InChI=1S/C27H18ClNO/c28-17-12-13-18(25-14-16-6-1-4-11-24(16)30-25)22(15-17)26-19-7-2-3-8-20(19)27-21(26)9-5-10-23(27)29/h1-15,26H,29H2. The van der Waals surface area contributed by atoms with Crippen molar-refractivity contribution in [2.75, 3.05) is 5.73 Å². The molecule has 5 aromatic rings. The number of rotatable bonds is 2. The zero-order valence-electron chi connectivity index (χ0n) is 16.1. The fraction of sp³-hybridized carbons (Fsp3) is 0.0370. The van der Waals surface area contributed by atoms with Gasteiger partial charge in [-0.25, -0.2) is 0 Å². The Morgan fingerprint density at radius 1 is 0.700 bits per heavy atom. The van der Waals surface area contributed by atoms with Gasteiger partial charge in [0.05, 0.1) is 0 Å². The van der Waals surface area contributed by atoms with E-state index in [9.17, 15) is 0 Å². The molecule has 30 heavy (non-hydrogen) atoms. The molecule has 144 valence electrons. The maximum atomic E-state index is 6.49. The average molecular weight is 408 g/mol. The molecule has 0 amide bonds. The highest BCUT2D eigenvalue weighted by molar-refractivity contribution is 6.30. The molecule has 2 N–H and O–H groups in total. The number of benzene rings is 4. The van der Waals surface area contributed by atoms with Crippen LogP contribution in [0.25, 0.3) is 33.4 Å². The van der Waals surface area contributed by atoms with Gasteiger partial charge in [0, 0.05) is 33.1 Å². The Morgan fingerprint density at radius 2 is 1.50 bits per heavy atom. The lowest BCUT2D eigenvalue weighted by molar-refractivity contribution is 0.630. The summed E-state index contributed by atoms with van der Waals surface area (Å²) in [5, 5.41) is 1.80. The van der Waals surface area contributed by atoms with E-state index in [1.54, 1.807) is 0 Å². The van der Waals surface area contributed by atoms with Crippen LogP contribution in [0.2, 0.25) is 5.02 Å². The van der Waals surface area contributed by atoms with Gasteiger partial charge in [0.25, 0.3) is 0 Å². The molecular formula is C27H18ClNO. The van der Waals surface area contributed by atoms with E-state index in [-0.39, 0.29) is 5.92 Å². The van der Waals surface area contributed by atoms with E-state index in [1.165, 1.54) is 16.7 Å². The Labute approximate surface area is 179 Å². The normalized spacial score (nSPS) is 14.6. The molecule has 1 heterocycles. The van der Waals surface area contributed by atoms with Crippen LogP contribution in [0.3, 0.4) is 0 Å². The Balaban J connectivity index is 1.64. The first-order valence-electron chi connectivity index (χ1n) is 9.97. The van der Waals surface area contributed by atoms with Crippen molar-refractivity contribution in [2.45, 2.75) is 5.92 Å². The summed E-state index contributed by atoms with van der Waals surface area (Å²) in [5.74, 6) is 0.888. The lowest BCUT2D eigenvalue weighted by atomic mass is 9.85. The van der Waals surface area contributed by atoms with Crippen LogP contribution in [-0.2, 0) is 0 Å². The van der Waals surface area contributed by atoms with Crippen molar-refractivity contribution in [3.05, 3.63) is 113 Å². The predicted octanol–water partition coefficient (Wildman–Crippen LogP) is 7.50. The second-order valence-corrected chi connectivity index (χ2v) is 8.15. The second kappa shape index (κ2) is 6.51. The molecule has 3 heteroatoms. The van der Waals surface area contributed by atoms with Gasteiger partial charge >= 0.3 is 0 Å². The Hall–Kier alpha value is -3.49. The van der Waals surface area contributed by atoms with E-state index in [0.717, 1.165) is 39.1 Å². The van der Waals surface area contributed by atoms with E-state index >= 15 is 0 Å². The third-order valence-electron chi connectivity index (χ3n) is 6.00. The molecule has 0 saturated heterocycles. The fourth-order valence-corrected chi connectivity index (χ4v) is 4.91. The molecule has 0 spiro atoms. The summed E-state index contributed by atoms with van der Waals surface area (Å²) in [6.45, 7) is 0. The van der Waals surface area contributed by atoms with E-state index in [1.807, 2.05) is 36.4 Å². The van der Waals surface area contributed by atoms with Gasteiger partial charge in [0.1, 0.15) is 11.3 Å². The highest BCUT2D eigenvalue weighted by Crippen LogP contribution is 2.52. The SMILES string of the molecule is Nc1cccc2c1-c1ccccc1C2c1cc(Cl)ccc1-c1cc2ccccc2o1. The third kappa shape index (κ3) is 2.51. The summed E-state index contributed by atoms with van der Waals surface area (Å²) in [6.07, 6.45) is 0. The second-order valence-electron chi connectivity index (χ2n) is 7.71. The molecule has 1 aliphatic rings. The van der Waals surface area contributed by atoms with Crippen molar-refractivity contribution >= 4 is 28.3 Å². The van der Waals surface area contributed by atoms with Gasteiger partial charge < -0.3 is 10.2 Å². The maximum Gasteiger partial charge on any atom is 0.135 e. The molecule has 0 radical (unpaired) electrons. The third-order valence-corrected chi connectivity index (χ3v) is 6.23. The Bertz CT molecular complexity index is 1400. The molecule has 0 bridgehead atoms. The number of hydrogen-bond acceptors (Lipinski definition) is 2. The number of halogens is 1. The van der Waals surface area contributed by atoms with Crippen LogP contribution in [0.1, 0.15) is 22.6 Å². The van der Waals surface area contributed by atoms with E-state index < -0.39 is 0 Å². The molecule has 1 unspecified atom stereocenters. The van der Waals surface area contributed by atoms with Crippen molar-refractivity contribution in [2.24, 2.45) is 0 Å². The largest absolute Gasteiger partial charge is 0.456 e. The van der Waals surface area contributed by atoms with Crippen molar-refractivity contribution < 1.29 is 4.42 Å². The molecule has 0 fully saturated rings. The van der Waals surface area contributed by atoms with Crippen molar-refractivity contribution in [3.63, 3.8) is 0 Å². The number of nitrogen functional groups attached to an aromatic ring is 1. The topological polar surface area (TPSA) is 39.2 Å².